The molecule has 0 unspecified atom stereocenters. The van der Waals surface area contributed by atoms with Gasteiger partial charge in [-0.25, -0.2) is 8.42 Å². The van der Waals surface area contributed by atoms with Gasteiger partial charge in [-0.05, 0) is 25.1 Å². The molecular formula is C19H23N4O5S+. The minimum atomic E-state index is -3.96. The maximum atomic E-state index is 12.8. The average Bonchev–Trinajstić information content (AvgIpc) is 2.70. The lowest BCUT2D eigenvalue weighted by Gasteiger charge is -2.31. The van der Waals surface area contributed by atoms with Crippen LogP contribution in [0.3, 0.4) is 0 Å². The highest BCUT2D eigenvalue weighted by Crippen LogP contribution is 2.26. The number of anilines is 1. The van der Waals surface area contributed by atoms with Crippen molar-refractivity contribution in [3.05, 3.63) is 64.2 Å². The number of nitrogens with zero attached hydrogens (tertiary/aromatic N) is 2. The number of nitro benzene ring substituents is 1. The third-order valence-electron chi connectivity index (χ3n) is 4.86. The molecule has 3 rings (SSSR count). The molecule has 0 aliphatic carbocycles. The molecule has 2 aromatic carbocycles. The standard InChI is InChI=1S/C19H22N4O5S/c1-15-6-8-16(9-7-15)20-19(24)14-21-10-12-22(13-11-21)29(27,28)18-5-3-2-4-17(18)23(25)26/h2-9H,10-14H2,1H3,(H,20,24)/p+1. The number of sulfonamides is 1. The molecule has 0 spiro atoms. The second-order valence-corrected chi connectivity index (χ2v) is 8.88. The zero-order valence-electron chi connectivity index (χ0n) is 16.0. The Balaban J connectivity index is 1.59. The zero-order valence-corrected chi connectivity index (χ0v) is 16.8. The molecule has 1 aliphatic heterocycles. The van der Waals surface area contributed by atoms with Crippen LogP contribution in [-0.2, 0) is 14.8 Å². The van der Waals surface area contributed by atoms with Crippen molar-refractivity contribution in [3.63, 3.8) is 0 Å². The summed E-state index contributed by atoms with van der Waals surface area (Å²) >= 11 is 0. The largest absolute Gasteiger partial charge is 0.325 e. The first-order valence-electron chi connectivity index (χ1n) is 9.21. The van der Waals surface area contributed by atoms with Gasteiger partial charge < -0.3 is 10.2 Å². The third kappa shape index (κ3) is 4.97. The van der Waals surface area contributed by atoms with E-state index in [1.807, 2.05) is 31.2 Å². The predicted octanol–water partition coefficient (Wildman–Crippen LogP) is 0.431. The molecule has 0 saturated carbocycles. The van der Waals surface area contributed by atoms with Gasteiger partial charge in [0.25, 0.3) is 11.6 Å². The first-order valence-corrected chi connectivity index (χ1v) is 10.6. The molecular weight excluding hydrogens is 396 g/mol. The molecule has 29 heavy (non-hydrogen) atoms. The highest BCUT2D eigenvalue weighted by molar-refractivity contribution is 7.89. The number of amides is 1. The van der Waals surface area contributed by atoms with Crippen molar-refractivity contribution in [1.29, 1.82) is 0 Å². The SMILES string of the molecule is Cc1ccc(NC(=O)C[NH+]2CCN(S(=O)(=O)c3ccccc3[N+](=O)[O-])CC2)cc1. The maximum Gasteiger partial charge on any atom is 0.289 e. The molecule has 154 valence electrons. The van der Waals surface area contributed by atoms with Gasteiger partial charge in [0.1, 0.15) is 0 Å². The summed E-state index contributed by atoms with van der Waals surface area (Å²) in [5, 5.41) is 14.0. The van der Waals surface area contributed by atoms with E-state index in [0.717, 1.165) is 16.2 Å². The van der Waals surface area contributed by atoms with Crippen molar-refractivity contribution in [3.8, 4) is 0 Å². The number of piperazine rings is 1. The molecule has 1 aliphatic rings. The second-order valence-electron chi connectivity index (χ2n) is 6.97. The molecule has 10 heteroatoms. The van der Waals surface area contributed by atoms with Crippen LogP contribution in [0.5, 0.6) is 0 Å². The molecule has 1 amide bonds. The lowest BCUT2D eigenvalue weighted by atomic mass is 10.2. The predicted molar refractivity (Wildman–Crippen MR) is 107 cm³/mol. The second kappa shape index (κ2) is 8.68. The van der Waals surface area contributed by atoms with E-state index in [2.05, 4.69) is 5.32 Å². The Morgan fingerprint density at radius 2 is 1.76 bits per heavy atom. The summed E-state index contributed by atoms with van der Waals surface area (Å²) in [4.78, 5) is 23.4. The quantitative estimate of drug-likeness (QED) is 0.521. The summed E-state index contributed by atoms with van der Waals surface area (Å²) in [6.07, 6.45) is 0. The molecule has 2 N–H and O–H groups in total. The fourth-order valence-corrected chi connectivity index (χ4v) is 4.85. The van der Waals surface area contributed by atoms with Crippen molar-refractivity contribution in [2.24, 2.45) is 0 Å². The Kier molecular flexibility index (Phi) is 6.26. The lowest BCUT2D eigenvalue weighted by Crippen LogP contribution is -3.15. The highest BCUT2D eigenvalue weighted by Gasteiger charge is 2.35. The monoisotopic (exact) mass is 419 g/mol. The molecule has 0 atom stereocenters. The van der Waals surface area contributed by atoms with Gasteiger partial charge in [-0.2, -0.15) is 4.31 Å². The van der Waals surface area contributed by atoms with Crippen LogP contribution in [0.25, 0.3) is 0 Å². The third-order valence-corrected chi connectivity index (χ3v) is 6.80. The summed E-state index contributed by atoms with van der Waals surface area (Å²) < 4.78 is 26.9. The van der Waals surface area contributed by atoms with Crippen molar-refractivity contribution in [1.82, 2.24) is 4.31 Å². The van der Waals surface area contributed by atoms with Crippen LogP contribution in [0.1, 0.15) is 5.56 Å². The van der Waals surface area contributed by atoms with E-state index in [1.165, 1.54) is 28.6 Å². The fraction of sp³-hybridized carbons (Fsp3) is 0.316. The molecule has 9 nitrogen and oxygen atoms in total. The minimum Gasteiger partial charge on any atom is -0.325 e. The number of benzene rings is 2. The summed E-state index contributed by atoms with van der Waals surface area (Å²) in [5.41, 5.74) is 1.39. The molecule has 2 aromatic rings. The molecule has 1 saturated heterocycles. The zero-order chi connectivity index (χ0) is 21.0. The van der Waals surface area contributed by atoms with Crippen LogP contribution in [0.4, 0.5) is 11.4 Å². The Morgan fingerprint density at radius 3 is 2.38 bits per heavy atom. The number of rotatable bonds is 6. The molecule has 0 radical (unpaired) electrons. The van der Waals surface area contributed by atoms with E-state index in [0.29, 0.717) is 13.1 Å². The Morgan fingerprint density at radius 1 is 1.14 bits per heavy atom. The first kappa shape index (κ1) is 20.9. The highest BCUT2D eigenvalue weighted by atomic mass is 32.2. The summed E-state index contributed by atoms with van der Waals surface area (Å²) in [5.74, 6) is -0.140. The number of quaternary nitrogens is 1. The van der Waals surface area contributed by atoms with Gasteiger partial charge in [0.2, 0.25) is 10.0 Å². The first-order chi connectivity index (χ1) is 13.8. The Bertz CT molecular complexity index is 1000. The lowest BCUT2D eigenvalue weighted by molar-refractivity contribution is -0.895. The average molecular weight is 419 g/mol. The van der Waals surface area contributed by atoms with E-state index in [4.69, 9.17) is 0 Å². The van der Waals surface area contributed by atoms with Crippen LogP contribution in [-0.4, -0.2) is 56.3 Å². The molecule has 0 aromatic heterocycles. The van der Waals surface area contributed by atoms with Crippen LogP contribution < -0.4 is 10.2 Å². The topological polar surface area (TPSA) is 114 Å². The van der Waals surface area contributed by atoms with E-state index in [-0.39, 0.29) is 30.4 Å². The van der Waals surface area contributed by atoms with Gasteiger partial charge in [0, 0.05) is 11.8 Å². The number of nitrogens with one attached hydrogen (secondary N) is 2. The number of nitro groups is 1. The molecule has 1 fully saturated rings. The maximum absolute atomic E-state index is 12.8. The fourth-order valence-electron chi connectivity index (χ4n) is 3.25. The van der Waals surface area contributed by atoms with E-state index in [1.54, 1.807) is 0 Å². The van der Waals surface area contributed by atoms with Gasteiger partial charge in [0.15, 0.2) is 11.4 Å². The normalized spacial score (nSPS) is 15.8. The van der Waals surface area contributed by atoms with E-state index < -0.39 is 20.6 Å². The number of hydrogen-bond acceptors (Lipinski definition) is 5. The number of carbonyl (C=O) groups excluding carboxylic acids is 1. The van der Waals surface area contributed by atoms with Crippen molar-refractivity contribution >= 4 is 27.3 Å². The summed E-state index contributed by atoms with van der Waals surface area (Å²) in [7, 11) is -3.96. The smallest absolute Gasteiger partial charge is 0.289 e. The molecule has 0 bridgehead atoms. The van der Waals surface area contributed by atoms with Crippen LogP contribution in [0.15, 0.2) is 53.4 Å². The Hall–Kier alpha value is -2.82. The van der Waals surface area contributed by atoms with Crippen LogP contribution >= 0.6 is 0 Å². The van der Waals surface area contributed by atoms with Gasteiger partial charge in [-0.3, -0.25) is 14.9 Å². The number of para-hydroxylation sites is 1. The Labute approximate surface area is 169 Å². The van der Waals surface area contributed by atoms with Gasteiger partial charge in [-0.1, -0.05) is 29.8 Å². The van der Waals surface area contributed by atoms with Crippen LogP contribution in [0.2, 0.25) is 0 Å². The molecule has 1 heterocycles. The van der Waals surface area contributed by atoms with Crippen molar-refractivity contribution in [2.45, 2.75) is 11.8 Å². The number of aryl methyl sites for hydroxylation is 1. The van der Waals surface area contributed by atoms with Gasteiger partial charge >= 0.3 is 0 Å². The van der Waals surface area contributed by atoms with Gasteiger partial charge in [0.05, 0.1) is 31.1 Å². The van der Waals surface area contributed by atoms with E-state index >= 15 is 0 Å². The van der Waals surface area contributed by atoms with Crippen LogP contribution in [0, 0.1) is 17.0 Å². The summed E-state index contributed by atoms with van der Waals surface area (Å²) in [6, 6.07) is 12.8. The van der Waals surface area contributed by atoms with Gasteiger partial charge in [-0.15, -0.1) is 0 Å². The number of hydrogen-bond donors (Lipinski definition) is 2. The van der Waals surface area contributed by atoms with Crippen molar-refractivity contribution < 1.29 is 23.0 Å². The van der Waals surface area contributed by atoms with E-state index in [9.17, 15) is 23.3 Å². The number of carbonyl (C=O) groups is 1. The minimum absolute atomic E-state index is 0.140. The van der Waals surface area contributed by atoms with Crippen molar-refractivity contribution in [2.75, 3.05) is 38.0 Å². The summed E-state index contributed by atoms with van der Waals surface area (Å²) in [6.45, 7) is 3.48.